The number of hydrogen-bond acceptors (Lipinski definition) is 5. The quantitative estimate of drug-likeness (QED) is 0.550. The highest BCUT2D eigenvalue weighted by Gasteiger charge is 2.27. The molecule has 0 spiro atoms. The number of carbonyl (C=O) groups excluding carboxylic acids is 2. The van der Waals surface area contributed by atoms with E-state index in [9.17, 15) is 9.59 Å². The van der Waals surface area contributed by atoms with Crippen LogP contribution in [0.25, 0.3) is 0 Å². The van der Waals surface area contributed by atoms with Gasteiger partial charge in [0.2, 0.25) is 5.78 Å². The van der Waals surface area contributed by atoms with E-state index < -0.39 is 5.60 Å². The summed E-state index contributed by atoms with van der Waals surface area (Å²) in [7, 11) is 0. The molecule has 6 heteroatoms. The van der Waals surface area contributed by atoms with Crippen molar-refractivity contribution in [3.63, 3.8) is 0 Å². The van der Waals surface area contributed by atoms with E-state index in [1.807, 2.05) is 20.8 Å². The summed E-state index contributed by atoms with van der Waals surface area (Å²) in [6, 6.07) is 3.33. The van der Waals surface area contributed by atoms with Gasteiger partial charge in [0.05, 0.1) is 6.26 Å². The van der Waals surface area contributed by atoms with Crippen molar-refractivity contribution in [3.8, 4) is 0 Å². The molecule has 0 radical (unpaired) electrons. The molecule has 0 unspecified atom stereocenters. The molecule has 0 bridgehead atoms. The van der Waals surface area contributed by atoms with Crippen molar-refractivity contribution in [2.24, 2.45) is 5.92 Å². The summed E-state index contributed by atoms with van der Waals surface area (Å²) < 4.78 is 15.9. The second kappa shape index (κ2) is 9.04. The lowest BCUT2D eigenvalue weighted by Crippen LogP contribution is -2.42. The molecule has 1 aliphatic rings. The first-order chi connectivity index (χ1) is 11.8. The van der Waals surface area contributed by atoms with Crippen molar-refractivity contribution >= 4 is 11.9 Å². The van der Waals surface area contributed by atoms with Gasteiger partial charge in [0.15, 0.2) is 5.76 Å². The molecule has 1 aliphatic heterocycles. The third-order valence-electron chi connectivity index (χ3n) is 4.10. The third kappa shape index (κ3) is 6.90. The van der Waals surface area contributed by atoms with Crippen LogP contribution in [-0.4, -0.2) is 48.7 Å². The van der Waals surface area contributed by atoms with Gasteiger partial charge in [-0.1, -0.05) is 0 Å². The maximum Gasteiger partial charge on any atom is 0.410 e. The van der Waals surface area contributed by atoms with Crippen LogP contribution in [0.2, 0.25) is 0 Å². The Balaban J connectivity index is 1.62. The molecule has 6 nitrogen and oxygen atoms in total. The predicted octanol–water partition coefficient (Wildman–Crippen LogP) is 3.91. The molecule has 1 saturated heterocycles. The lowest BCUT2D eigenvalue weighted by Gasteiger charge is -2.34. The van der Waals surface area contributed by atoms with Gasteiger partial charge >= 0.3 is 6.09 Å². The minimum Gasteiger partial charge on any atom is -0.461 e. The van der Waals surface area contributed by atoms with Gasteiger partial charge in [-0.25, -0.2) is 4.79 Å². The molecule has 2 heterocycles. The van der Waals surface area contributed by atoms with E-state index in [4.69, 9.17) is 13.9 Å². The molecule has 0 N–H and O–H groups in total. The van der Waals surface area contributed by atoms with E-state index in [-0.39, 0.29) is 18.5 Å². The Labute approximate surface area is 149 Å². The molecule has 1 amide bonds. The van der Waals surface area contributed by atoms with Crippen molar-refractivity contribution in [1.29, 1.82) is 0 Å². The van der Waals surface area contributed by atoms with Crippen LogP contribution in [0.1, 0.15) is 57.0 Å². The van der Waals surface area contributed by atoms with Crippen LogP contribution in [0.4, 0.5) is 4.79 Å². The number of piperidine rings is 1. The van der Waals surface area contributed by atoms with Crippen LogP contribution in [0.3, 0.4) is 0 Å². The zero-order valence-corrected chi connectivity index (χ0v) is 15.5. The summed E-state index contributed by atoms with van der Waals surface area (Å²) in [6.07, 6.45) is 5.23. The maximum atomic E-state index is 12.2. The number of ether oxygens (including phenoxy) is 2. The van der Waals surface area contributed by atoms with Crippen molar-refractivity contribution in [2.75, 3.05) is 26.3 Å². The van der Waals surface area contributed by atoms with E-state index in [0.717, 1.165) is 38.8 Å². The van der Waals surface area contributed by atoms with Crippen molar-refractivity contribution in [3.05, 3.63) is 24.2 Å². The standard InChI is InChI=1S/C19H29NO5/c1-19(2,3)25-18(22)20-10-4-7-15(13-20)8-5-11-23-14-16(21)17-9-6-12-24-17/h6,9,12,15H,4-5,7-8,10-11,13-14H2,1-3H3/t15-/m1/s1. The summed E-state index contributed by atoms with van der Waals surface area (Å²) in [4.78, 5) is 25.7. The SMILES string of the molecule is CC(C)(C)OC(=O)N1CCC[C@H](CCCOCC(=O)c2ccco2)C1. The number of rotatable bonds is 7. The first-order valence-corrected chi connectivity index (χ1v) is 8.97. The number of likely N-dealkylation sites (tertiary alicyclic amines) is 1. The fourth-order valence-electron chi connectivity index (χ4n) is 2.94. The van der Waals surface area contributed by atoms with E-state index in [2.05, 4.69) is 0 Å². The second-order valence-corrected chi connectivity index (χ2v) is 7.53. The van der Waals surface area contributed by atoms with Crippen LogP contribution in [0.15, 0.2) is 22.8 Å². The number of Topliss-reactive ketones (excluding diaryl/α,β-unsaturated/α-hetero) is 1. The molecule has 25 heavy (non-hydrogen) atoms. The Kier molecular flexibility index (Phi) is 7.05. The fourth-order valence-corrected chi connectivity index (χ4v) is 2.94. The Morgan fingerprint density at radius 1 is 1.36 bits per heavy atom. The van der Waals surface area contributed by atoms with E-state index >= 15 is 0 Å². The summed E-state index contributed by atoms with van der Waals surface area (Å²) >= 11 is 0. The van der Waals surface area contributed by atoms with Crippen LogP contribution in [-0.2, 0) is 9.47 Å². The Hall–Kier alpha value is -1.82. The summed E-state index contributed by atoms with van der Waals surface area (Å²) in [5.41, 5.74) is -0.460. The highest BCUT2D eigenvalue weighted by atomic mass is 16.6. The molecule has 1 atom stereocenters. The maximum absolute atomic E-state index is 12.2. The molecule has 0 saturated carbocycles. The Morgan fingerprint density at radius 3 is 2.84 bits per heavy atom. The van der Waals surface area contributed by atoms with Crippen molar-refractivity contribution in [2.45, 2.75) is 52.1 Å². The van der Waals surface area contributed by atoms with E-state index in [1.54, 1.807) is 17.0 Å². The zero-order chi connectivity index (χ0) is 18.3. The van der Waals surface area contributed by atoms with Gasteiger partial charge in [-0.05, 0) is 64.5 Å². The second-order valence-electron chi connectivity index (χ2n) is 7.53. The van der Waals surface area contributed by atoms with Gasteiger partial charge in [0.1, 0.15) is 12.2 Å². The first kappa shape index (κ1) is 19.5. The Morgan fingerprint density at radius 2 is 2.16 bits per heavy atom. The molecule has 0 aromatic carbocycles. The third-order valence-corrected chi connectivity index (χ3v) is 4.10. The molecule has 0 aliphatic carbocycles. The fraction of sp³-hybridized carbons (Fsp3) is 0.684. The molecular formula is C19H29NO5. The predicted molar refractivity (Wildman–Crippen MR) is 93.6 cm³/mol. The minimum absolute atomic E-state index is 0.0439. The van der Waals surface area contributed by atoms with Crippen LogP contribution < -0.4 is 0 Å². The number of hydrogen-bond donors (Lipinski definition) is 0. The number of ketones is 1. The molecule has 1 fully saturated rings. The van der Waals surface area contributed by atoms with Crippen molar-refractivity contribution in [1.82, 2.24) is 4.90 Å². The van der Waals surface area contributed by atoms with E-state index in [0.29, 0.717) is 18.3 Å². The van der Waals surface area contributed by atoms with Crippen LogP contribution >= 0.6 is 0 Å². The zero-order valence-electron chi connectivity index (χ0n) is 15.5. The molecular weight excluding hydrogens is 322 g/mol. The Bertz CT molecular complexity index is 547. The largest absolute Gasteiger partial charge is 0.461 e. The summed E-state index contributed by atoms with van der Waals surface area (Å²) in [6.45, 7) is 7.73. The highest BCUT2D eigenvalue weighted by Crippen LogP contribution is 2.22. The number of carbonyl (C=O) groups is 2. The minimum atomic E-state index is -0.460. The highest BCUT2D eigenvalue weighted by molar-refractivity contribution is 5.94. The average molecular weight is 351 g/mol. The van der Waals surface area contributed by atoms with Gasteiger partial charge in [-0.2, -0.15) is 0 Å². The normalized spacial score (nSPS) is 18.2. The number of furan rings is 1. The number of amides is 1. The first-order valence-electron chi connectivity index (χ1n) is 8.97. The molecule has 1 aromatic rings. The molecule has 2 rings (SSSR count). The molecule has 1 aromatic heterocycles. The van der Waals surface area contributed by atoms with Gasteiger partial charge in [-0.3, -0.25) is 4.79 Å². The van der Waals surface area contributed by atoms with Crippen LogP contribution in [0, 0.1) is 5.92 Å². The van der Waals surface area contributed by atoms with E-state index in [1.165, 1.54) is 6.26 Å². The smallest absolute Gasteiger partial charge is 0.410 e. The van der Waals surface area contributed by atoms with Gasteiger partial charge in [-0.15, -0.1) is 0 Å². The van der Waals surface area contributed by atoms with Crippen molar-refractivity contribution < 1.29 is 23.5 Å². The monoisotopic (exact) mass is 351 g/mol. The van der Waals surface area contributed by atoms with Gasteiger partial charge in [0, 0.05) is 19.7 Å². The van der Waals surface area contributed by atoms with Gasteiger partial charge < -0.3 is 18.8 Å². The lowest BCUT2D eigenvalue weighted by atomic mass is 9.94. The average Bonchev–Trinajstić information content (AvgIpc) is 3.07. The molecule has 140 valence electrons. The van der Waals surface area contributed by atoms with Gasteiger partial charge in [0.25, 0.3) is 0 Å². The lowest BCUT2D eigenvalue weighted by molar-refractivity contribution is 0.0155. The topological polar surface area (TPSA) is 69.0 Å². The van der Waals surface area contributed by atoms with Crippen LogP contribution in [0.5, 0.6) is 0 Å². The number of nitrogens with zero attached hydrogens (tertiary/aromatic N) is 1. The summed E-state index contributed by atoms with van der Waals surface area (Å²) in [5.74, 6) is 0.657. The summed E-state index contributed by atoms with van der Waals surface area (Å²) in [5, 5.41) is 0.